The Morgan fingerprint density at radius 1 is 1.00 bits per heavy atom. The van der Waals surface area contributed by atoms with E-state index in [1.54, 1.807) is 12.1 Å². The Morgan fingerprint density at radius 2 is 1.74 bits per heavy atom. The number of carbonyl (C=O) groups excluding carboxylic acids is 3. The summed E-state index contributed by atoms with van der Waals surface area (Å²) in [5, 5.41) is 3.40. The van der Waals surface area contributed by atoms with Crippen molar-refractivity contribution in [3.63, 3.8) is 0 Å². The number of esters is 1. The topological polar surface area (TPSA) is 81.7 Å². The third kappa shape index (κ3) is 7.56. The van der Waals surface area contributed by atoms with Crippen LogP contribution in [0.25, 0.3) is 0 Å². The van der Waals surface area contributed by atoms with Crippen molar-refractivity contribution in [2.24, 2.45) is 5.92 Å². The number of ketones is 1. The Balaban J connectivity index is 1.43. The fourth-order valence-electron chi connectivity index (χ4n) is 4.31. The molecule has 1 amide bonds. The predicted octanol–water partition coefficient (Wildman–Crippen LogP) is 5.85. The van der Waals surface area contributed by atoms with Gasteiger partial charge in [0.2, 0.25) is 0 Å². The zero-order chi connectivity index (χ0) is 25.4. The molecule has 0 aromatic heterocycles. The molecule has 0 unspecified atom stereocenters. The van der Waals surface area contributed by atoms with Crippen molar-refractivity contribution in [1.82, 2.24) is 5.32 Å². The molecule has 2 aromatic carbocycles. The van der Waals surface area contributed by atoms with E-state index < -0.39 is 0 Å². The highest BCUT2D eigenvalue weighted by atomic mass is 35.5. The van der Waals surface area contributed by atoms with Crippen LogP contribution in [0.1, 0.15) is 77.3 Å². The zero-order valence-electron chi connectivity index (χ0n) is 20.7. The molecule has 0 bridgehead atoms. The Bertz CT molecular complexity index is 1060. The Morgan fingerprint density at radius 3 is 2.40 bits per heavy atom. The van der Waals surface area contributed by atoms with Crippen LogP contribution in [0.15, 0.2) is 36.4 Å². The highest BCUT2D eigenvalue weighted by molar-refractivity contribution is 6.31. The van der Waals surface area contributed by atoms with Gasteiger partial charge in [-0.3, -0.25) is 14.4 Å². The molecule has 35 heavy (non-hydrogen) atoms. The molecular formula is C28H34ClNO5. The first-order valence-electron chi connectivity index (χ1n) is 12.3. The van der Waals surface area contributed by atoms with Gasteiger partial charge in [-0.05, 0) is 94.3 Å². The molecule has 188 valence electrons. The van der Waals surface area contributed by atoms with Gasteiger partial charge in [0.25, 0.3) is 5.91 Å². The Hall–Kier alpha value is -2.86. The normalized spacial score (nSPS) is 17.5. The minimum Gasteiger partial charge on any atom is -0.490 e. The Kier molecular flexibility index (Phi) is 9.73. The molecule has 3 rings (SSSR count). The van der Waals surface area contributed by atoms with E-state index in [2.05, 4.69) is 5.32 Å². The van der Waals surface area contributed by atoms with E-state index in [-0.39, 0.29) is 29.7 Å². The number of benzene rings is 2. The number of nitrogens with one attached hydrogen (secondary N) is 1. The molecule has 0 heterocycles. The molecule has 0 atom stereocenters. The van der Waals surface area contributed by atoms with Crippen LogP contribution in [-0.2, 0) is 9.53 Å². The summed E-state index contributed by atoms with van der Waals surface area (Å²) in [7, 11) is 0. The molecule has 1 saturated carbocycles. The van der Waals surface area contributed by atoms with Crippen molar-refractivity contribution in [3.05, 3.63) is 63.7 Å². The number of aryl methyl sites for hydroxylation is 2. The highest BCUT2D eigenvalue weighted by Gasteiger charge is 2.28. The molecule has 0 radical (unpaired) electrons. The number of Topliss-reactive ketones (excluding diaryl/α,β-unsaturated/α-hetero) is 1. The van der Waals surface area contributed by atoms with E-state index in [0.29, 0.717) is 42.1 Å². The third-order valence-electron chi connectivity index (χ3n) is 6.40. The maximum atomic E-state index is 12.7. The summed E-state index contributed by atoms with van der Waals surface area (Å²) in [6, 6.07) is 10.7. The van der Waals surface area contributed by atoms with Crippen LogP contribution in [-0.4, -0.2) is 36.9 Å². The van der Waals surface area contributed by atoms with E-state index in [4.69, 9.17) is 21.1 Å². The number of halogens is 1. The molecular weight excluding hydrogens is 466 g/mol. The molecule has 2 aromatic rings. The number of rotatable bonds is 10. The molecule has 1 aliphatic rings. The minimum atomic E-state index is -0.201. The number of carbonyl (C=O) groups is 3. The molecule has 6 nitrogen and oxygen atoms in total. The molecule has 0 saturated heterocycles. The SMILES string of the molecule is CCOC(=O)C1CCC(Oc2ccc(C(=O)CCCNC(=O)c3ccc(C)c(Cl)c3)c(C)c2)CC1. The van der Waals surface area contributed by atoms with Crippen LogP contribution in [0.5, 0.6) is 5.75 Å². The van der Waals surface area contributed by atoms with Gasteiger partial charge in [-0.15, -0.1) is 0 Å². The van der Waals surface area contributed by atoms with Crippen LogP contribution in [0.4, 0.5) is 0 Å². The van der Waals surface area contributed by atoms with Gasteiger partial charge in [0.05, 0.1) is 18.6 Å². The molecule has 1 aliphatic carbocycles. The maximum Gasteiger partial charge on any atom is 0.308 e. The van der Waals surface area contributed by atoms with Gasteiger partial charge in [0.1, 0.15) is 5.75 Å². The Labute approximate surface area is 212 Å². The highest BCUT2D eigenvalue weighted by Crippen LogP contribution is 2.29. The number of hydrogen-bond acceptors (Lipinski definition) is 5. The van der Waals surface area contributed by atoms with Crippen molar-refractivity contribution >= 4 is 29.3 Å². The first-order chi connectivity index (χ1) is 16.8. The predicted molar refractivity (Wildman–Crippen MR) is 136 cm³/mol. The number of hydrogen-bond donors (Lipinski definition) is 1. The smallest absolute Gasteiger partial charge is 0.308 e. The van der Waals surface area contributed by atoms with Gasteiger partial charge in [-0.2, -0.15) is 0 Å². The van der Waals surface area contributed by atoms with Gasteiger partial charge in [0.15, 0.2) is 5.78 Å². The second kappa shape index (κ2) is 12.7. The van der Waals surface area contributed by atoms with E-state index in [1.165, 1.54) is 0 Å². The lowest BCUT2D eigenvalue weighted by atomic mass is 9.87. The van der Waals surface area contributed by atoms with Crippen LogP contribution in [0.3, 0.4) is 0 Å². The average molecular weight is 500 g/mol. The van der Waals surface area contributed by atoms with Crippen molar-refractivity contribution in [3.8, 4) is 5.75 Å². The summed E-state index contributed by atoms with van der Waals surface area (Å²) in [6.45, 7) is 6.43. The monoisotopic (exact) mass is 499 g/mol. The standard InChI is InChI=1S/C28H34ClNO5/c1-4-34-28(33)20-9-11-22(12-10-20)35-23-13-14-24(19(3)16-23)26(31)6-5-15-30-27(32)21-8-7-18(2)25(29)17-21/h7-8,13-14,16-17,20,22H,4-6,9-12,15H2,1-3H3,(H,30,32). The van der Waals surface area contributed by atoms with Crippen LogP contribution < -0.4 is 10.1 Å². The van der Waals surface area contributed by atoms with E-state index in [0.717, 1.165) is 42.6 Å². The summed E-state index contributed by atoms with van der Waals surface area (Å²) < 4.78 is 11.2. The van der Waals surface area contributed by atoms with Gasteiger partial charge in [0, 0.05) is 29.1 Å². The fraction of sp³-hybridized carbons (Fsp3) is 0.464. The minimum absolute atomic E-state index is 0.0315. The van der Waals surface area contributed by atoms with Crippen molar-refractivity contribution in [2.45, 2.75) is 65.4 Å². The second-order valence-corrected chi connectivity index (χ2v) is 9.47. The largest absolute Gasteiger partial charge is 0.490 e. The summed E-state index contributed by atoms with van der Waals surface area (Å²) in [4.78, 5) is 36.9. The number of ether oxygens (including phenoxy) is 2. The molecule has 7 heteroatoms. The molecule has 0 spiro atoms. The average Bonchev–Trinajstić information content (AvgIpc) is 2.84. The van der Waals surface area contributed by atoms with Gasteiger partial charge in [-0.25, -0.2) is 0 Å². The fourth-order valence-corrected chi connectivity index (χ4v) is 4.49. The molecule has 1 N–H and O–H groups in total. The first kappa shape index (κ1) is 26.7. The second-order valence-electron chi connectivity index (χ2n) is 9.07. The van der Waals surface area contributed by atoms with Crippen LogP contribution in [0.2, 0.25) is 5.02 Å². The summed E-state index contributed by atoms with van der Waals surface area (Å²) in [6.07, 6.45) is 4.11. The van der Waals surface area contributed by atoms with Crippen molar-refractivity contribution in [2.75, 3.05) is 13.2 Å². The van der Waals surface area contributed by atoms with E-state index in [9.17, 15) is 14.4 Å². The lowest BCUT2D eigenvalue weighted by Gasteiger charge is -2.28. The lowest BCUT2D eigenvalue weighted by molar-refractivity contribution is -0.149. The quantitative estimate of drug-likeness (QED) is 0.252. The maximum absolute atomic E-state index is 12.7. The first-order valence-corrected chi connectivity index (χ1v) is 12.7. The summed E-state index contributed by atoms with van der Waals surface area (Å²) >= 11 is 6.09. The molecule has 1 fully saturated rings. The van der Waals surface area contributed by atoms with Crippen LogP contribution >= 0.6 is 11.6 Å². The molecule has 0 aliphatic heterocycles. The summed E-state index contributed by atoms with van der Waals surface area (Å²) in [5.41, 5.74) is 2.96. The van der Waals surface area contributed by atoms with Gasteiger partial charge >= 0.3 is 5.97 Å². The van der Waals surface area contributed by atoms with Crippen molar-refractivity contribution < 1.29 is 23.9 Å². The van der Waals surface area contributed by atoms with Crippen LogP contribution in [0, 0.1) is 19.8 Å². The lowest BCUT2D eigenvalue weighted by Crippen LogP contribution is -2.29. The van der Waals surface area contributed by atoms with Gasteiger partial charge in [-0.1, -0.05) is 17.7 Å². The van der Waals surface area contributed by atoms with Gasteiger partial charge < -0.3 is 14.8 Å². The van der Waals surface area contributed by atoms with Crippen molar-refractivity contribution in [1.29, 1.82) is 0 Å². The number of amides is 1. The van der Waals surface area contributed by atoms with E-state index in [1.807, 2.05) is 45.0 Å². The summed E-state index contributed by atoms with van der Waals surface area (Å²) in [5.74, 6) is 0.437. The zero-order valence-corrected chi connectivity index (χ0v) is 21.5. The van der Waals surface area contributed by atoms with E-state index >= 15 is 0 Å². The third-order valence-corrected chi connectivity index (χ3v) is 6.80.